The van der Waals surface area contributed by atoms with Crippen LogP contribution in [0.3, 0.4) is 0 Å². The lowest BCUT2D eigenvalue weighted by molar-refractivity contribution is -0.210. The van der Waals surface area contributed by atoms with Crippen LogP contribution < -0.4 is 15.5 Å². The van der Waals surface area contributed by atoms with Crippen LogP contribution in [0.5, 0.6) is 0 Å². The Labute approximate surface area is 329 Å². The number of nitrogens with zero attached hydrogens (tertiary/aromatic N) is 7. The van der Waals surface area contributed by atoms with Gasteiger partial charge in [0.15, 0.2) is 41.2 Å². The number of fused-ring (bicyclic) bond motifs is 1. The molecule has 15 nitrogen and oxygen atoms in total. The smallest absolute Gasteiger partial charge is 0.449 e. The summed E-state index contributed by atoms with van der Waals surface area (Å²) in [5, 5.41) is 22.0. The fourth-order valence-corrected chi connectivity index (χ4v) is 7.24. The topological polar surface area (TPSA) is 183 Å². The minimum Gasteiger partial charge on any atom is -0.449 e. The molecule has 0 bridgehead atoms. The van der Waals surface area contributed by atoms with Gasteiger partial charge in [-0.25, -0.2) is 9.78 Å². The number of imidazole rings is 1. The monoisotopic (exact) mass is 797 g/mol. The normalized spacial score (nSPS) is 20.8. The number of aromatic nitrogens is 6. The van der Waals surface area contributed by atoms with Gasteiger partial charge < -0.3 is 34.6 Å². The number of halogens is 3. The average molecular weight is 798 g/mol. The van der Waals surface area contributed by atoms with Crippen LogP contribution in [-0.4, -0.2) is 90.7 Å². The zero-order valence-corrected chi connectivity index (χ0v) is 31.0. The Balaban J connectivity index is 1.15. The number of benzene rings is 2. The Bertz CT molecular complexity index is 2320. The van der Waals surface area contributed by atoms with Crippen molar-refractivity contribution in [2.24, 2.45) is 0 Å². The molecule has 6 aromatic rings. The molecular formula is C40H38F3N9O6. The third kappa shape index (κ3) is 7.92. The molecule has 8 rings (SSSR count). The van der Waals surface area contributed by atoms with Crippen LogP contribution in [0.2, 0.25) is 0 Å². The van der Waals surface area contributed by atoms with Gasteiger partial charge in [-0.1, -0.05) is 72.7 Å². The van der Waals surface area contributed by atoms with Crippen molar-refractivity contribution in [3.63, 3.8) is 0 Å². The summed E-state index contributed by atoms with van der Waals surface area (Å²) in [6.07, 6.45) is -6.48. The predicted octanol–water partition coefficient (Wildman–Crippen LogP) is 5.13. The van der Waals surface area contributed by atoms with Crippen LogP contribution in [-0.2, 0) is 20.7 Å². The molecule has 5 atom stereocenters. The zero-order chi connectivity index (χ0) is 40.4. The van der Waals surface area contributed by atoms with Crippen molar-refractivity contribution in [1.29, 1.82) is 0 Å². The van der Waals surface area contributed by atoms with E-state index in [2.05, 4.69) is 25.8 Å². The molecule has 0 saturated carbocycles. The highest BCUT2D eigenvalue weighted by atomic mass is 19.4. The van der Waals surface area contributed by atoms with E-state index < -0.39 is 36.7 Å². The van der Waals surface area contributed by atoms with E-state index in [4.69, 9.17) is 24.0 Å². The molecule has 18 heteroatoms. The Kier molecular flexibility index (Phi) is 10.8. The van der Waals surface area contributed by atoms with Gasteiger partial charge >= 0.3 is 12.1 Å². The lowest BCUT2D eigenvalue weighted by Gasteiger charge is -2.22. The number of anilines is 2. The van der Waals surface area contributed by atoms with Crippen molar-refractivity contribution in [3.8, 4) is 0 Å². The summed E-state index contributed by atoms with van der Waals surface area (Å²) >= 11 is 0. The molecular weight excluding hydrogens is 759 g/mol. The second-order valence-electron chi connectivity index (χ2n) is 14.0. The van der Waals surface area contributed by atoms with E-state index in [1.807, 2.05) is 65.6 Å². The summed E-state index contributed by atoms with van der Waals surface area (Å²) in [6.45, 7) is 3.01. The van der Waals surface area contributed by atoms with Crippen LogP contribution in [0.25, 0.3) is 11.2 Å². The molecule has 0 unspecified atom stereocenters. The molecule has 2 aromatic carbocycles. The van der Waals surface area contributed by atoms with Gasteiger partial charge in [-0.05, 0) is 36.1 Å². The molecule has 2 aliphatic rings. The standard InChI is InChI=1S/C40H38F3N9O6/c1-2-26-19-29(58-50-26)32-33(57-38(55)40(41,42)43)31(53)37(56-32)52-22-46-30-34(45-20-28(23-9-5-3-6-10-23)24-11-7-4-8-12-24)48-39(49-35(30)52)51-18-15-27(21-51)47-36(54)25-13-16-44-17-14-25/h3-14,16-17,19,22,27-28,31-33,37,53H,2,15,18,20-21H2,1H3,(H,47,54)(H,45,48,49)/t27-,31-,32-,33+,37-/m1/s1. The van der Waals surface area contributed by atoms with Gasteiger partial charge in [0.05, 0.1) is 12.0 Å². The van der Waals surface area contributed by atoms with Crippen LogP contribution in [0.15, 0.2) is 102 Å². The number of aliphatic hydroxyl groups is 1. The maximum atomic E-state index is 13.5. The van der Waals surface area contributed by atoms with Gasteiger partial charge in [-0.2, -0.15) is 23.1 Å². The van der Waals surface area contributed by atoms with Gasteiger partial charge in [0.25, 0.3) is 5.91 Å². The largest absolute Gasteiger partial charge is 0.490 e. The van der Waals surface area contributed by atoms with Gasteiger partial charge in [0.2, 0.25) is 5.95 Å². The lowest BCUT2D eigenvalue weighted by Crippen LogP contribution is -2.38. The Hall–Kier alpha value is -6.40. The van der Waals surface area contributed by atoms with Crippen LogP contribution in [0.4, 0.5) is 24.9 Å². The van der Waals surface area contributed by atoms with Gasteiger partial charge in [0, 0.05) is 55.6 Å². The molecule has 2 aliphatic heterocycles. The number of ether oxygens (including phenoxy) is 2. The number of pyridine rings is 1. The maximum Gasteiger partial charge on any atom is 0.490 e. The Morgan fingerprint density at radius 3 is 2.38 bits per heavy atom. The first-order valence-corrected chi connectivity index (χ1v) is 18.7. The molecule has 300 valence electrons. The first-order chi connectivity index (χ1) is 28.1. The highest BCUT2D eigenvalue weighted by Gasteiger charge is 2.53. The summed E-state index contributed by atoms with van der Waals surface area (Å²) in [7, 11) is 0. The van der Waals surface area contributed by atoms with Gasteiger partial charge in [0.1, 0.15) is 6.10 Å². The number of carbonyl (C=O) groups excluding carboxylic acids is 2. The molecule has 58 heavy (non-hydrogen) atoms. The van der Waals surface area contributed by atoms with E-state index in [1.54, 1.807) is 31.5 Å². The van der Waals surface area contributed by atoms with E-state index in [9.17, 15) is 27.9 Å². The number of aryl methyl sites for hydroxylation is 1. The third-order valence-corrected chi connectivity index (χ3v) is 10.2. The van der Waals surface area contributed by atoms with E-state index in [1.165, 1.54) is 17.0 Å². The lowest BCUT2D eigenvalue weighted by atomic mass is 9.91. The number of aliphatic hydroxyl groups excluding tert-OH is 1. The average Bonchev–Trinajstić information content (AvgIpc) is 4.06. The van der Waals surface area contributed by atoms with Crippen molar-refractivity contribution >= 4 is 34.8 Å². The number of esters is 1. The number of hydrogen-bond donors (Lipinski definition) is 3. The highest BCUT2D eigenvalue weighted by Crippen LogP contribution is 2.43. The third-order valence-electron chi connectivity index (χ3n) is 10.2. The maximum absolute atomic E-state index is 13.5. The molecule has 2 saturated heterocycles. The molecule has 4 aromatic heterocycles. The van der Waals surface area contributed by atoms with Crippen molar-refractivity contribution in [2.45, 2.75) is 62.4 Å². The minimum absolute atomic E-state index is 0.0368. The number of alkyl halides is 3. The summed E-state index contributed by atoms with van der Waals surface area (Å²) in [5.74, 6) is -2.30. The zero-order valence-electron chi connectivity index (χ0n) is 31.0. The van der Waals surface area contributed by atoms with Crippen LogP contribution in [0.1, 0.15) is 64.5 Å². The number of amides is 1. The second kappa shape index (κ2) is 16.2. The van der Waals surface area contributed by atoms with Crippen molar-refractivity contribution in [1.82, 2.24) is 35.0 Å². The molecule has 6 heterocycles. The Morgan fingerprint density at radius 1 is 1.02 bits per heavy atom. The van der Waals surface area contributed by atoms with Gasteiger partial charge in [-0.3, -0.25) is 14.3 Å². The van der Waals surface area contributed by atoms with E-state index in [0.717, 1.165) is 11.1 Å². The van der Waals surface area contributed by atoms with Crippen molar-refractivity contribution < 1.29 is 41.9 Å². The summed E-state index contributed by atoms with van der Waals surface area (Å²) in [4.78, 5) is 45.3. The fraction of sp³-hybridized carbons (Fsp3) is 0.325. The Morgan fingerprint density at radius 2 is 1.72 bits per heavy atom. The molecule has 0 radical (unpaired) electrons. The van der Waals surface area contributed by atoms with Crippen molar-refractivity contribution in [2.75, 3.05) is 29.9 Å². The number of nitrogens with one attached hydrogen (secondary N) is 2. The SMILES string of the molecule is CCc1cc([C@H]2O[C@@H](n3cnc4c(NCC(c5ccccc5)c5ccccc5)nc(N5CC[C@@H](NC(=O)c6ccncc6)C5)nc43)[C@H](O)[C@@H]2OC(=O)C(F)(F)F)on1. The summed E-state index contributed by atoms with van der Waals surface area (Å²) in [6, 6.07) is 24.4. The fourth-order valence-electron chi connectivity index (χ4n) is 7.24. The number of hydrogen-bond acceptors (Lipinski definition) is 13. The van der Waals surface area contributed by atoms with Crippen LogP contribution >= 0.6 is 0 Å². The van der Waals surface area contributed by atoms with E-state index >= 15 is 0 Å². The number of carbonyl (C=O) groups is 2. The van der Waals surface area contributed by atoms with Gasteiger partial charge in [-0.15, -0.1) is 0 Å². The van der Waals surface area contributed by atoms with E-state index in [0.29, 0.717) is 49.6 Å². The first kappa shape index (κ1) is 38.5. The highest BCUT2D eigenvalue weighted by molar-refractivity contribution is 5.94. The molecule has 3 N–H and O–H groups in total. The molecule has 1 amide bonds. The van der Waals surface area contributed by atoms with Crippen molar-refractivity contribution in [3.05, 3.63) is 126 Å². The summed E-state index contributed by atoms with van der Waals surface area (Å²) in [5.41, 5.74) is 3.50. The first-order valence-electron chi connectivity index (χ1n) is 18.7. The van der Waals surface area contributed by atoms with E-state index in [-0.39, 0.29) is 40.7 Å². The number of rotatable bonds is 12. The second-order valence-corrected chi connectivity index (χ2v) is 14.0. The molecule has 2 fully saturated rings. The minimum atomic E-state index is -5.34. The quantitative estimate of drug-likeness (QED) is 0.139. The molecule has 0 aliphatic carbocycles. The predicted molar refractivity (Wildman–Crippen MR) is 202 cm³/mol. The molecule has 0 spiro atoms. The summed E-state index contributed by atoms with van der Waals surface area (Å²) < 4.78 is 58.1. The van der Waals surface area contributed by atoms with Crippen LogP contribution in [0, 0.1) is 0 Å².